The molecule has 0 aromatic heterocycles. The van der Waals surface area contributed by atoms with E-state index in [1.807, 2.05) is 12.2 Å². The third-order valence-corrected chi connectivity index (χ3v) is 6.92. The third kappa shape index (κ3) is 3.63. The Morgan fingerprint density at radius 3 is 2.00 bits per heavy atom. The molecule has 3 aliphatic rings. The van der Waals surface area contributed by atoms with Gasteiger partial charge in [-0.15, -0.1) is 0 Å². The molecule has 36 heavy (non-hydrogen) atoms. The summed E-state index contributed by atoms with van der Waals surface area (Å²) in [6.07, 6.45) is 4.44. The highest BCUT2D eigenvalue weighted by molar-refractivity contribution is 6.10. The maximum Gasteiger partial charge on any atom is 0.273 e. The van der Waals surface area contributed by atoms with Crippen LogP contribution in [0.3, 0.4) is 0 Å². The van der Waals surface area contributed by atoms with Gasteiger partial charge in [0.15, 0.2) is 5.78 Å². The molecule has 182 valence electrons. The molecule has 2 aliphatic carbocycles. The number of allylic oxidation sites excluding steroid dienone is 2. The molecule has 1 saturated carbocycles. The first-order valence-corrected chi connectivity index (χ1v) is 11.1. The SMILES string of the molecule is O=C(CN(C(=O)c1cccc([N+](=O)[O-])c1)N1C(=O)[C@H]2[C@H](C1=O)[C@H]1C=C[C@H]2C1)c1ccc([N+](=O)[O-])cc1. The van der Waals surface area contributed by atoms with Gasteiger partial charge in [-0.1, -0.05) is 18.2 Å². The highest BCUT2D eigenvalue weighted by Crippen LogP contribution is 2.52. The van der Waals surface area contributed by atoms with Crippen molar-refractivity contribution < 1.29 is 29.0 Å². The number of nitro groups is 2. The van der Waals surface area contributed by atoms with Gasteiger partial charge < -0.3 is 0 Å². The number of hydrazine groups is 1. The highest BCUT2D eigenvalue weighted by atomic mass is 16.6. The molecule has 2 bridgehead atoms. The summed E-state index contributed by atoms with van der Waals surface area (Å²) in [5.74, 6) is -4.36. The number of carbonyl (C=O) groups excluding carboxylic acids is 4. The van der Waals surface area contributed by atoms with E-state index in [0.717, 1.165) is 23.2 Å². The van der Waals surface area contributed by atoms with E-state index in [4.69, 9.17) is 0 Å². The second-order valence-electron chi connectivity index (χ2n) is 8.89. The van der Waals surface area contributed by atoms with Crippen LogP contribution in [0, 0.1) is 43.9 Å². The Kier molecular flexibility index (Phi) is 5.43. The number of rotatable bonds is 7. The van der Waals surface area contributed by atoms with Gasteiger partial charge in [-0.3, -0.25) is 39.4 Å². The minimum Gasteiger partial charge on any atom is -0.292 e. The monoisotopic (exact) mass is 490 g/mol. The van der Waals surface area contributed by atoms with Crippen LogP contribution in [0.1, 0.15) is 27.1 Å². The van der Waals surface area contributed by atoms with Crippen molar-refractivity contribution in [1.82, 2.24) is 10.0 Å². The van der Waals surface area contributed by atoms with Crippen molar-refractivity contribution in [3.8, 4) is 0 Å². The molecule has 5 rings (SSSR count). The van der Waals surface area contributed by atoms with Gasteiger partial charge in [0.2, 0.25) is 0 Å². The van der Waals surface area contributed by atoms with E-state index in [0.29, 0.717) is 11.4 Å². The van der Waals surface area contributed by atoms with Gasteiger partial charge >= 0.3 is 0 Å². The average molecular weight is 490 g/mol. The van der Waals surface area contributed by atoms with Crippen LogP contribution in [0.15, 0.2) is 60.7 Å². The highest BCUT2D eigenvalue weighted by Gasteiger charge is 2.61. The summed E-state index contributed by atoms with van der Waals surface area (Å²) in [5.41, 5.74) is -0.768. The first kappa shape index (κ1) is 23.0. The Morgan fingerprint density at radius 2 is 1.44 bits per heavy atom. The smallest absolute Gasteiger partial charge is 0.273 e. The van der Waals surface area contributed by atoms with Gasteiger partial charge in [0, 0.05) is 35.4 Å². The van der Waals surface area contributed by atoms with Crippen molar-refractivity contribution >= 4 is 34.9 Å². The molecule has 2 aromatic carbocycles. The van der Waals surface area contributed by atoms with Crippen LogP contribution >= 0.6 is 0 Å². The molecule has 12 heteroatoms. The second-order valence-corrected chi connectivity index (χ2v) is 8.89. The number of nitrogens with zero attached hydrogens (tertiary/aromatic N) is 4. The molecule has 2 aromatic rings. The Bertz CT molecular complexity index is 1340. The van der Waals surface area contributed by atoms with Gasteiger partial charge in [0.1, 0.15) is 6.54 Å². The fourth-order valence-electron chi connectivity index (χ4n) is 5.26. The Labute approximate surface area is 203 Å². The van der Waals surface area contributed by atoms with Crippen LogP contribution in [0.5, 0.6) is 0 Å². The van der Waals surface area contributed by atoms with E-state index >= 15 is 0 Å². The molecular weight excluding hydrogens is 472 g/mol. The largest absolute Gasteiger partial charge is 0.292 e. The minimum atomic E-state index is -0.934. The van der Waals surface area contributed by atoms with Crippen LogP contribution in [-0.2, 0) is 9.59 Å². The van der Waals surface area contributed by atoms with Crippen molar-refractivity contribution in [2.45, 2.75) is 6.42 Å². The van der Waals surface area contributed by atoms with Crippen molar-refractivity contribution in [2.24, 2.45) is 23.7 Å². The fraction of sp³-hybridized carbons (Fsp3) is 0.250. The van der Waals surface area contributed by atoms with Crippen LogP contribution in [0.4, 0.5) is 11.4 Å². The van der Waals surface area contributed by atoms with Crippen LogP contribution < -0.4 is 0 Å². The third-order valence-electron chi connectivity index (χ3n) is 6.92. The number of hydrogen-bond acceptors (Lipinski definition) is 8. The lowest BCUT2D eigenvalue weighted by molar-refractivity contribution is -0.385. The molecule has 2 fully saturated rings. The maximum absolute atomic E-state index is 13.5. The van der Waals surface area contributed by atoms with E-state index in [2.05, 4.69) is 0 Å². The second kappa shape index (κ2) is 8.48. The number of amides is 3. The predicted molar refractivity (Wildman–Crippen MR) is 121 cm³/mol. The zero-order valence-electron chi connectivity index (χ0n) is 18.6. The molecule has 0 N–H and O–H groups in total. The number of benzene rings is 2. The van der Waals surface area contributed by atoms with Gasteiger partial charge in [0.05, 0.1) is 21.7 Å². The number of non-ortho nitro benzene ring substituents is 2. The van der Waals surface area contributed by atoms with Crippen molar-refractivity contribution in [3.63, 3.8) is 0 Å². The normalized spacial score (nSPS) is 23.6. The molecular formula is C24H18N4O8. The quantitative estimate of drug-likeness (QED) is 0.188. The van der Waals surface area contributed by atoms with Crippen molar-refractivity contribution in [3.05, 3.63) is 92.0 Å². The molecule has 1 aliphatic heterocycles. The van der Waals surface area contributed by atoms with Gasteiger partial charge in [-0.25, -0.2) is 5.01 Å². The lowest BCUT2D eigenvalue weighted by atomic mass is 9.85. The first-order chi connectivity index (χ1) is 17.2. The zero-order valence-corrected chi connectivity index (χ0v) is 18.6. The Hall–Kier alpha value is -4.74. The standard InChI is InChI=1S/C24H18N4O8/c29-19(13-6-8-17(9-7-13)27(33)34)12-25(22(30)16-2-1-3-18(11-16)28(35)36)26-23(31)20-14-4-5-15(10-14)21(20)24(26)32/h1-9,11,14-15,20-21H,10,12H2/t14-,15-,20+,21+/m0/s1. The Morgan fingerprint density at radius 1 is 0.861 bits per heavy atom. The number of hydrogen-bond donors (Lipinski definition) is 0. The van der Waals surface area contributed by atoms with Gasteiger partial charge in [-0.05, 0) is 36.5 Å². The fourth-order valence-corrected chi connectivity index (χ4v) is 5.26. The summed E-state index contributed by atoms with van der Waals surface area (Å²) in [5, 5.41) is 23.6. The summed E-state index contributed by atoms with van der Waals surface area (Å²) in [6.45, 7) is -0.723. The van der Waals surface area contributed by atoms with Crippen molar-refractivity contribution in [1.29, 1.82) is 0 Å². The van der Waals surface area contributed by atoms with Crippen LogP contribution in [-0.4, -0.2) is 49.9 Å². The van der Waals surface area contributed by atoms with Gasteiger partial charge in [0.25, 0.3) is 29.1 Å². The van der Waals surface area contributed by atoms with E-state index < -0.39 is 51.7 Å². The van der Waals surface area contributed by atoms with Crippen LogP contribution in [0.2, 0.25) is 0 Å². The first-order valence-electron chi connectivity index (χ1n) is 11.1. The van der Waals surface area contributed by atoms with E-state index in [-0.39, 0.29) is 34.3 Å². The van der Waals surface area contributed by atoms with Gasteiger partial charge in [-0.2, -0.15) is 5.01 Å². The molecule has 1 heterocycles. The Balaban J connectivity index is 1.50. The number of Topliss-reactive ketones (excluding diaryl/α,β-unsaturated/α-hetero) is 1. The summed E-state index contributed by atoms with van der Waals surface area (Å²) >= 11 is 0. The number of ketones is 1. The molecule has 0 spiro atoms. The van der Waals surface area contributed by atoms with Crippen LogP contribution in [0.25, 0.3) is 0 Å². The molecule has 4 atom stereocenters. The molecule has 0 unspecified atom stereocenters. The number of imide groups is 1. The topological polar surface area (TPSA) is 161 Å². The summed E-state index contributed by atoms with van der Waals surface area (Å²) < 4.78 is 0. The summed E-state index contributed by atoms with van der Waals surface area (Å²) in [7, 11) is 0. The summed E-state index contributed by atoms with van der Waals surface area (Å²) in [6, 6.07) is 9.43. The van der Waals surface area contributed by atoms with E-state index in [1.165, 1.54) is 30.3 Å². The summed E-state index contributed by atoms with van der Waals surface area (Å²) in [4.78, 5) is 74.1. The average Bonchev–Trinajstić information content (AvgIpc) is 3.56. The van der Waals surface area contributed by atoms with E-state index in [9.17, 15) is 39.4 Å². The van der Waals surface area contributed by atoms with E-state index in [1.54, 1.807) is 0 Å². The van der Waals surface area contributed by atoms with Crippen molar-refractivity contribution in [2.75, 3.05) is 6.54 Å². The molecule has 3 amide bonds. The lowest BCUT2D eigenvalue weighted by Gasteiger charge is -2.30. The zero-order chi connectivity index (χ0) is 25.7. The maximum atomic E-state index is 13.5. The predicted octanol–water partition coefficient (Wildman–Crippen LogP) is 2.55. The molecule has 0 radical (unpaired) electrons. The number of carbonyl (C=O) groups is 4. The lowest BCUT2D eigenvalue weighted by Crippen LogP contribution is -2.52. The minimum absolute atomic E-state index is 0.0264. The molecule has 1 saturated heterocycles. The molecule has 12 nitrogen and oxygen atoms in total. The number of fused-ring (bicyclic) bond motifs is 5. The number of nitro benzene ring substituents is 2.